The van der Waals surface area contributed by atoms with Crippen LogP contribution in [0.1, 0.15) is 0 Å². The minimum Gasteiger partial charge on any atom is -0.369 e. The highest BCUT2D eigenvalue weighted by atomic mass is 16.1. The van der Waals surface area contributed by atoms with Crippen molar-refractivity contribution >= 4 is 5.96 Å². The van der Waals surface area contributed by atoms with Crippen LogP contribution in [0.3, 0.4) is 0 Å². The van der Waals surface area contributed by atoms with Crippen LogP contribution in [0.25, 0.3) is 0 Å². The summed E-state index contributed by atoms with van der Waals surface area (Å²) in [6.07, 6.45) is 1.47. The number of guanidine groups is 1. The first kappa shape index (κ1) is 7.33. The first-order valence-corrected chi connectivity index (χ1v) is 2.98. The van der Waals surface area contributed by atoms with Crippen LogP contribution in [0.2, 0.25) is 0 Å². The van der Waals surface area contributed by atoms with Crippen LogP contribution in [-0.2, 0) is 0 Å². The van der Waals surface area contributed by atoms with Crippen molar-refractivity contribution in [3.05, 3.63) is 34.7 Å². The van der Waals surface area contributed by atoms with Gasteiger partial charge in [0.15, 0.2) is 0 Å². The molecule has 0 aromatic carbocycles. The molecule has 1 heterocycles. The van der Waals surface area contributed by atoms with E-state index in [2.05, 4.69) is 5.10 Å². The van der Waals surface area contributed by atoms with Crippen LogP contribution >= 0.6 is 0 Å². The number of nitrogens with zero attached hydrogens (tertiary/aromatic N) is 2. The monoisotopic (exact) mass is 152 g/mol. The highest BCUT2D eigenvalue weighted by Crippen LogP contribution is 1.78. The predicted octanol–water partition coefficient (Wildman–Crippen LogP) is -1.12. The first-order chi connectivity index (χ1) is 5.20. The maximum absolute atomic E-state index is 10.9. The average molecular weight is 152 g/mol. The normalized spacial score (nSPS) is 9.09. The number of pyridine rings is 1. The molecular formula is C6H8N4O. The second-order valence-corrected chi connectivity index (χ2v) is 1.91. The molecule has 0 saturated carbocycles. The number of hydrogen-bond acceptors (Lipinski definition) is 2. The lowest BCUT2D eigenvalue weighted by Gasteiger charge is -1.95. The largest absolute Gasteiger partial charge is 0.369 e. The van der Waals surface area contributed by atoms with E-state index >= 15 is 0 Å². The van der Waals surface area contributed by atoms with E-state index in [0.717, 1.165) is 4.68 Å². The summed E-state index contributed by atoms with van der Waals surface area (Å²) >= 11 is 0. The van der Waals surface area contributed by atoms with E-state index in [9.17, 15) is 4.79 Å². The van der Waals surface area contributed by atoms with E-state index in [0.29, 0.717) is 0 Å². The molecule has 0 atom stereocenters. The lowest BCUT2D eigenvalue weighted by Crippen LogP contribution is -2.26. The lowest BCUT2D eigenvalue weighted by atomic mass is 10.5. The van der Waals surface area contributed by atoms with Crippen molar-refractivity contribution in [1.82, 2.24) is 4.68 Å². The van der Waals surface area contributed by atoms with Gasteiger partial charge in [-0.3, -0.25) is 4.79 Å². The average Bonchev–Trinajstić information content (AvgIpc) is 1.93. The minimum atomic E-state index is -0.263. The third-order valence-electron chi connectivity index (χ3n) is 1.03. The van der Waals surface area contributed by atoms with Gasteiger partial charge in [0.25, 0.3) is 5.56 Å². The SMILES string of the molecule is NC(N)=Nn1ccccc1=O. The topological polar surface area (TPSA) is 86.4 Å². The predicted molar refractivity (Wildman–Crippen MR) is 41.9 cm³/mol. The van der Waals surface area contributed by atoms with Gasteiger partial charge >= 0.3 is 0 Å². The number of aromatic nitrogens is 1. The second kappa shape index (κ2) is 2.87. The standard InChI is InChI=1S/C6H8N4O/c7-6(8)9-10-4-2-1-3-5(10)11/h1-4H,(H4,7,8,9). The Morgan fingerprint density at radius 1 is 1.45 bits per heavy atom. The van der Waals surface area contributed by atoms with Gasteiger partial charge in [-0.05, 0) is 6.07 Å². The molecule has 0 aliphatic carbocycles. The van der Waals surface area contributed by atoms with E-state index < -0.39 is 0 Å². The van der Waals surface area contributed by atoms with Gasteiger partial charge in [-0.2, -0.15) is 0 Å². The molecule has 0 bridgehead atoms. The Kier molecular flexibility index (Phi) is 1.91. The van der Waals surface area contributed by atoms with Crippen LogP contribution in [0.15, 0.2) is 34.3 Å². The summed E-state index contributed by atoms with van der Waals surface area (Å²) < 4.78 is 1.06. The molecule has 1 rings (SSSR count). The molecule has 58 valence electrons. The van der Waals surface area contributed by atoms with E-state index in [1.165, 1.54) is 12.3 Å². The van der Waals surface area contributed by atoms with Crippen molar-refractivity contribution in [2.24, 2.45) is 16.6 Å². The lowest BCUT2D eigenvalue weighted by molar-refractivity contribution is 0.822. The third kappa shape index (κ3) is 1.82. The van der Waals surface area contributed by atoms with E-state index in [1.807, 2.05) is 0 Å². The summed E-state index contributed by atoms with van der Waals surface area (Å²) in [5.41, 5.74) is 9.86. The molecule has 0 spiro atoms. The molecular weight excluding hydrogens is 144 g/mol. The summed E-state index contributed by atoms with van der Waals surface area (Å²) in [6.45, 7) is 0. The van der Waals surface area contributed by atoms with E-state index in [-0.39, 0.29) is 11.5 Å². The maximum Gasteiger partial charge on any atom is 0.270 e. The van der Waals surface area contributed by atoms with Crippen molar-refractivity contribution in [2.45, 2.75) is 0 Å². The first-order valence-electron chi connectivity index (χ1n) is 2.98. The van der Waals surface area contributed by atoms with Crippen molar-refractivity contribution < 1.29 is 0 Å². The third-order valence-corrected chi connectivity index (χ3v) is 1.03. The van der Waals surface area contributed by atoms with Gasteiger partial charge in [0.1, 0.15) is 0 Å². The Hall–Kier alpha value is -1.78. The van der Waals surface area contributed by atoms with Crippen LogP contribution < -0.4 is 17.0 Å². The summed E-state index contributed by atoms with van der Waals surface area (Å²) in [5, 5.41) is 3.54. The van der Waals surface area contributed by atoms with Gasteiger partial charge in [0.2, 0.25) is 5.96 Å². The molecule has 0 fully saturated rings. The molecule has 0 aliphatic rings. The number of rotatable bonds is 1. The number of hydrogen-bond donors (Lipinski definition) is 2. The summed E-state index contributed by atoms with van der Waals surface area (Å²) in [4.78, 5) is 10.9. The molecule has 1 aromatic heterocycles. The van der Waals surface area contributed by atoms with Gasteiger partial charge in [-0.1, -0.05) is 6.07 Å². The van der Waals surface area contributed by atoms with Gasteiger partial charge in [0.05, 0.1) is 0 Å². The molecule has 5 nitrogen and oxygen atoms in total. The molecule has 4 N–H and O–H groups in total. The number of nitrogens with two attached hydrogens (primary N) is 2. The Bertz CT molecular complexity index is 323. The molecule has 0 unspecified atom stereocenters. The Balaban J connectivity index is 3.15. The fraction of sp³-hybridized carbons (Fsp3) is 0. The molecule has 0 saturated heterocycles. The second-order valence-electron chi connectivity index (χ2n) is 1.91. The van der Waals surface area contributed by atoms with Gasteiger partial charge < -0.3 is 11.5 Å². The zero-order valence-corrected chi connectivity index (χ0v) is 5.77. The van der Waals surface area contributed by atoms with Crippen LogP contribution in [0, 0.1) is 0 Å². The zero-order valence-electron chi connectivity index (χ0n) is 5.77. The molecule has 0 radical (unpaired) electrons. The minimum absolute atomic E-state index is 0.140. The Morgan fingerprint density at radius 2 is 2.18 bits per heavy atom. The molecule has 0 aliphatic heterocycles. The fourth-order valence-corrected chi connectivity index (χ4v) is 0.626. The van der Waals surface area contributed by atoms with Gasteiger partial charge in [-0.15, -0.1) is 5.10 Å². The quantitative estimate of drug-likeness (QED) is 0.395. The van der Waals surface area contributed by atoms with Crippen LogP contribution in [0.5, 0.6) is 0 Å². The summed E-state index contributed by atoms with van der Waals surface area (Å²) in [7, 11) is 0. The molecule has 1 aromatic rings. The van der Waals surface area contributed by atoms with E-state index in [1.54, 1.807) is 12.1 Å². The molecule has 0 amide bonds. The summed E-state index contributed by atoms with van der Waals surface area (Å²) in [6, 6.07) is 4.64. The van der Waals surface area contributed by atoms with Crippen molar-refractivity contribution in [3.63, 3.8) is 0 Å². The smallest absolute Gasteiger partial charge is 0.270 e. The highest BCUT2D eigenvalue weighted by molar-refractivity contribution is 5.75. The van der Waals surface area contributed by atoms with Gasteiger partial charge in [0, 0.05) is 12.3 Å². The fourth-order valence-electron chi connectivity index (χ4n) is 0.626. The summed E-state index contributed by atoms with van der Waals surface area (Å²) in [5.74, 6) is -0.140. The zero-order chi connectivity index (χ0) is 8.27. The van der Waals surface area contributed by atoms with Gasteiger partial charge in [-0.25, -0.2) is 4.68 Å². The maximum atomic E-state index is 10.9. The molecule has 5 heteroatoms. The molecule has 11 heavy (non-hydrogen) atoms. The van der Waals surface area contributed by atoms with Crippen molar-refractivity contribution in [2.75, 3.05) is 0 Å². The van der Waals surface area contributed by atoms with Crippen LogP contribution in [0.4, 0.5) is 0 Å². The van der Waals surface area contributed by atoms with E-state index in [4.69, 9.17) is 11.5 Å². The van der Waals surface area contributed by atoms with Crippen LogP contribution in [-0.4, -0.2) is 10.6 Å². The Labute approximate surface area is 62.9 Å². The van der Waals surface area contributed by atoms with Crippen molar-refractivity contribution in [3.8, 4) is 0 Å². The Morgan fingerprint density at radius 3 is 2.73 bits per heavy atom. The van der Waals surface area contributed by atoms with Crippen molar-refractivity contribution in [1.29, 1.82) is 0 Å². The highest BCUT2D eigenvalue weighted by Gasteiger charge is 1.88.